The van der Waals surface area contributed by atoms with Gasteiger partial charge in [0.1, 0.15) is 6.61 Å². The molecule has 35 heavy (non-hydrogen) atoms. The minimum Gasteiger partial charge on any atom is -0.481 e. The highest BCUT2D eigenvalue weighted by Crippen LogP contribution is 2.44. The lowest BCUT2D eigenvalue weighted by Crippen LogP contribution is -2.47. The summed E-state index contributed by atoms with van der Waals surface area (Å²) in [5, 5.41) is 15.0. The van der Waals surface area contributed by atoms with Crippen molar-refractivity contribution in [3.05, 3.63) is 59.7 Å². The first kappa shape index (κ1) is 24.8. The number of carboxylic acid groups (broad SMARTS) is 1. The van der Waals surface area contributed by atoms with E-state index in [2.05, 4.69) is 34.9 Å². The molecule has 2 aliphatic rings. The number of carbonyl (C=O) groups excluding carboxylic acids is 2. The number of hydrogen-bond acceptors (Lipinski definition) is 4. The van der Waals surface area contributed by atoms with Crippen molar-refractivity contribution in [1.29, 1.82) is 0 Å². The van der Waals surface area contributed by atoms with E-state index in [1.165, 1.54) is 11.1 Å². The zero-order chi connectivity index (χ0) is 25.2. The molecule has 0 bridgehead atoms. The molecular weight excluding hydrogens is 444 g/mol. The first-order valence-electron chi connectivity index (χ1n) is 12.3. The van der Waals surface area contributed by atoms with Gasteiger partial charge in [-0.15, -0.1) is 0 Å². The van der Waals surface area contributed by atoms with E-state index in [1.807, 2.05) is 45.0 Å². The molecule has 1 unspecified atom stereocenters. The fourth-order valence-corrected chi connectivity index (χ4v) is 5.20. The Labute approximate surface area is 206 Å². The van der Waals surface area contributed by atoms with Gasteiger partial charge in [0, 0.05) is 23.9 Å². The number of ether oxygens (including phenoxy) is 1. The maximum absolute atomic E-state index is 12.8. The Hall–Kier alpha value is -3.35. The molecule has 0 aliphatic heterocycles. The topological polar surface area (TPSA) is 105 Å². The highest BCUT2D eigenvalue weighted by atomic mass is 16.5. The number of benzene rings is 2. The maximum Gasteiger partial charge on any atom is 0.407 e. The largest absolute Gasteiger partial charge is 0.481 e. The molecule has 2 amide bonds. The second kappa shape index (κ2) is 10.1. The third-order valence-electron chi connectivity index (χ3n) is 7.21. The average Bonchev–Trinajstić information content (AvgIpc) is 3.39. The Bertz CT molecular complexity index is 1060. The van der Waals surface area contributed by atoms with Gasteiger partial charge < -0.3 is 20.5 Å². The molecule has 0 heterocycles. The van der Waals surface area contributed by atoms with Gasteiger partial charge in [-0.1, -0.05) is 69.3 Å². The molecule has 2 aromatic carbocycles. The fraction of sp³-hybridized carbons (Fsp3) is 0.464. The van der Waals surface area contributed by atoms with E-state index in [1.54, 1.807) is 0 Å². The summed E-state index contributed by atoms with van der Waals surface area (Å²) < 4.78 is 5.63. The Morgan fingerprint density at radius 1 is 1.00 bits per heavy atom. The molecule has 1 fully saturated rings. The maximum atomic E-state index is 12.8. The van der Waals surface area contributed by atoms with Gasteiger partial charge in [-0.2, -0.15) is 0 Å². The smallest absolute Gasteiger partial charge is 0.407 e. The van der Waals surface area contributed by atoms with Crippen molar-refractivity contribution in [3.8, 4) is 11.1 Å². The van der Waals surface area contributed by atoms with Crippen LogP contribution in [0, 0.1) is 11.3 Å². The summed E-state index contributed by atoms with van der Waals surface area (Å²) in [6, 6.07) is 15.8. The number of aliphatic carboxylic acids is 1. The second-order valence-electron chi connectivity index (χ2n) is 10.7. The van der Waals surface area contributed by atoms with Crippen LogP contribution in [0.25, 0.3) is 11.1 Å². The lowest BCUT2D eigenvalue weighted by Gasteiger charge is -2.31. The number of rotatable bonds is 7. The monoisotopic (exact) mass is 478 g/mol. The number of carboxylic acids is 1. The molecule has 186 valence electrons. The van der Waals surface area contributed by atoms with E-state index in [0.29, 0.717) is 19.3 Å². The van der Waals surface area contributed by atoms with Gasteiger partial charge >= 0.3 is 12.1 Å². The van der Waals surface area contributed by atoms with Crippen molar-refractivity contribution >= 4 is 18.0 Å². The molecule has 2 aliphatic carbocycles. The fourth-order valence-electron chi connectivity index (χ4n) is 5.20. The summed E-state index contributed by atoms with van der Waals surface area (Å²) in [5.74, 6) is -1.35. The van der Waals surface area contributed by atoms with E-state index < -0.39 is 18.1 Å². The summed E-state index contributed by atoms with van der Waals surface area (Å²) >= 11 is 0. The van der Waals surface area contributed by atoms with Gasteiger partial charge in [-0.25, -0.2) is 4.79 Å². The minimum atomic E-state index is -0.938. The summed E-state index contributed by atoms with van der Waals surface area (Å²) in [5.41, 5.74) is 4.31. The predicted octanol–water partition coefficient (Wildman–Crippen LogP) is 4.70. The van der Waals surface area contributed by atoms with E-state index >= 15 is 0 Å². The number of alkyl carbamates (subject to hydrolysis) is 1. The molecule has 7 nitrogen and oxygen atoms in total. The highest BCUT2D eigenvalue weighted by Gasteiger charge is 2.35. The zero-order valence-corrected chi connectivity index (χ0v) is 20.5. The van der Waals surface area contributed by atoms with Crippen molar-refractivity contribution in [3.63, 3.8) is 0 Å². The second-order valence-corrected chi connectivity index (χ2v) is 10.7. The van der Waals surface area contributed by atoms with Gasteiger partial charge in [-0.3, -0.25) is 9.59 Å². The van der Waals surface area contributed by atoms with E-state index in [-0.39, 0.29) is 42.2 Å². The van der Waals surface area contributed by atoms with Crippen LogP contribution in [0.5, 0.6) is 0 Å². The third kappa shape index (κ3) is 5.66. The molecule has 2 aromatic rings. The first-order chi connectivity index (χ1) is 16.6. The standard InChI is InChI=1S/C28H34N2O5/c1-28(2,3)24(15-25(31)32)30-26(33)17-12-13-18(14-17)29-27(34)35-16-23-21-10-6-4-8-19(21)20-9-5-7-11-22(20)23/h4-11,17-18,23-24H,12-16H2,1-3H3,(H,29,34)(H,30,33)(H,31,32)/t17-,18+,24?/m0/s1. The zero-order valence-electron chi connectivity index (χ0n) is 20.5. The molecule has 1 saturated carbocycles. The van der Waals surface area contributed by atoms with Gasteiger partial charge in [0.2, 0.25) is 5.91 Å². The third-order valence-corrected chi connectivity index (χ3v) is 7.21. The molecule has 3 atom stereocenters. The van der Waals surface area contributed by atoms with Crippen molar-refractivity contribution in [2.75, 3.05) is 6.61 Å². The van der Waals surface area contributed by atoms with Gasteiger partial charge in [0.15, 0.2) is 0 Å². The van der Waals surface area contributed by atoms with E-state index in [4.69, 9.17) is 4.74 Å². The van der Waals surface area contributed by atoms with Gasteiger partial charge in [0.25, 0.3) is 0 Å². The number of hydrogen-bond donors (Lipinski definition) is 3. The normalized spacial score (nSPS) is 20.0. The quantitative estimate of drug-likeness (QED) is 0.535. The van der Waals surface area contributed by atoms with Crippen LogP contribution in [0.2, 0.25) is 0 Å². The lowest BCUT2D eigenvalue weighted by atomic mass is 9.84. The molecule has 7 heteroatoms. The first-order valence-corrected chi connectivity index (χ1v) is 12.3. The average molecular weight is 479 g/mol. The number of amides is 2. The summed E-state index contributed by atoms with van der Waals surface area (Å²) in [4.78, 5) is 36.6. The summed E-state index contributed by atoms with van der Waals surface area (Å²) in [7, 11) is 0. The van der Waals surface area contributed by atoms with Crippen molar-refractivity contribution < 1.29 is 24.2 Å². The van der Waals surface area contributed by atoms with Crippen LogP contribution in [-0.4, -0.2) is 41.8 Å². The highest BCUT2D eigenvalue weighted by molar-refractivity contribution is 5.81. The molecule has 4 rings (SSSR count). The van der Waals surface area contributed by atoms with Crippen molar-refractivity contribution in [2.45, 2.75) is 64.5 Å². The molecule has 0 saturated heterocycles. The molecule has 0 radical (unpaired) electrons. The van der Waals surface area contributed by atoms with E-state index in [9.17, 15) is 19.5 Å². The number of nitrogens with one attached hydrogen (secondary N) is 2. The Balaban J connectivity index is 1.29. The lowest BCUT2D eigenvalue weighted by molar-refractivity contribution is -0.138. The SMILES string of the molecule is CC(C)(C)C(CC(=O)O)NC(=O)[C@H]1CC[C@@H](NC(=O)OCC2c3ccccc3-c3ccccc32)C1. The summed E-state index contributed by atoms with van der Waals surface area (Å²) in [6.45, 7) is 5.99. The Morgan fingerprint density at radius 2 is 1.60 bits per heavy atom. The van der Waals surface area contributed by atoms with Crippen LogP contribution < -0.4 is 10.6 Å². The number of fused-ring (bicyclic) bond motifs is 3. The summed E-state index contributed by atoms with van der Waals surface area (Å²) in [6.07, 6.45) is 1.24. The Morgan fingerprint density at radius 3 is 2.17 bits per heavy atom. The van der Waals surface area contributed by atoms with E-state index in [0.717, 1.165) is 11.1 Å². The van der Waals surface area contributed by atoms with Gasteiger partial charge in [-0.05, 0) is 46.9 Å². The van der Waals surface area contributed by atoms with Crippen LogP contribution >= 0.6 is 0 Å². The van der Waals surface area contributed by atoms with Crippen molar-refractivity contribution in [1.82, 2.24) is 10.6 Å². The Kier molecular flexibility index (Phi) is 7.15. The van der Waals surface area contributed by atoms with Crippen LogP contribution in [0.1, 0.15) is 63.5 Å². The minimum absolute atomic E-state index is 0.00109. The molecule has 0 aromatic heterocycles. The van der Waals surface area contributed by atoms with Crippen molar-refractivity contribution in [2.24, 2.45) is 11.3 Å². The number of carbonyl (C=O) groups is 3. The van der Waals surface area contributed by atoms with Crippen LogP contribution in [-0.2, 0) is 14.3 Å². The molecule has 3 N–H and O–H groups in total. The van der Waals surface area contributed by atoms with Crippen LogP contribution in [0.4, 0.5) is 4.79 Å². The van der Waals surface area contributed by atoms with Crippen LogP contribution in [0.15, 0.2) is 48.5 Å². The van der Waals surface area contributed by atoms with Gasteiger partial charge in [0.05, 0.1) is 6.42 Å². The predicted molar refractivity (Wildman–Crippen MR) is 133 cm³/mol. The molecular formula is C28H34N2O5. The van der Waals surface area contributed by atoms with Crippen LogP contribution in [0.3, 0.4) is 0 Å². The molecule has 0 spiro atoms.